The summed E-state index contributed by atoms with van der Waals surface area (Å²) in [5, 5.41) is 0.871. The van der Waals surface area contributed by atoms with Gasteiger partial charge in [-0.2, -0.15) is 9.97 Å². The fraction of sp³-hybridized carbons (Fsp3) is 0.211. The number of anilines is 1. The van der Waals surface area contributed by atoms with Crippen LogP contribution in [0.1, 0.15) is 0 Å². The highest BCUT2D eigenvalue weighted by molar-refractivity contribution is 7.93. The Bertz CT molecular complexity index is 1330. The number of aromatic nitrogens is 4. The molecule has 10 nitrogen and oxygen atoms in total. The number of halogens is 1. The number of H-pyrrole nitrogens is 1. The van der Waals surface area contributed by atoms with Crippen molar-refractivity contribution < 1.29 is 27.0 Å². The van der Waals surface area contributed by atoms with Crippen LogP contribution in [0.4, 0.5) is 10.3 Å². The number of rotatable bonds is 8. The molecular weight excluding hydrogens is 429 g/mol. The maximum absolute atomic E-state index is 13.1. The van der Waals surface area contributed by atoms with Crippen LogP contribution in [0.3, 0.4) is 0 Å². The minimum Gasteiger partial charge on any atom is -0.481 e. The van der Waals surface area contributed by atoms with E-state index in [-0.39, 0.29) is 40.5 Å². The van der Waals surface area contributed by atoms with E-state index < -0.39 is 16.7 Å². The van der Waals surface area contributed by atoms with Crippen LogP contribution >= 0.6 is 0 Å². The first-order chi connectivity index (χ1) is 15.0. The molecule has 2 N–H and O–H groups in total. The summed E-state index contributed by atoms with van der Waals surface area (Å²) in [5.74, 6) is -0.565. The zero-order valence-electron chi connectivity index (χ0n) is 16.5. The number of benzene rings is 1. The monoisotopic (exact) mass is 447 g/mol. The number of hydrogen-bond acceptors (Lipinski definition) is 8. The number of hydrogen-bond donors (Lipinski definition) is 2. The van der Waals surface area contributed by atoms with Gasteiger partial charge in [0.2, 0.25) is 11.7 Å². The molecule has 162 valence electrons. The second-order valence-electron chi connectivity index (χ2n) is 6.27. The molecule has 0 aliphatic carbocycles. The van der Waals surface area contributed by atoms with Crippen LogP contribution in [0.25, 0.3) is 21.9 Å². The lowest BCUT2D eigenvalue weighted by Crippen LogP contribution is -2.16. The van der Waals surface area contributed by atoms with Crippen molar-refractivity contribution in [1.29, 1.82) is 0 Å². The lowest BCUT2D eigenvalue weighted by molar-refractivity contribution is 0.240. The Balaban J connectivity index is 1.74. The van der Waals surface area contributed by atoms with Crippen LogP contribution in [-0.4, -0.2) is 55.9 Å². The zero-order valence-corrected chi connectivity index (χ0v) is 17.4. The second-order valence-corrected chi connectivity index (χ2v) is 7.92. The lowest BCUT2D eigenvalue weighted by atomic mass is 10.2. The summed E-state index contributed by atoms with van der Waals surface area (Å²) in [6, 6.07) is 9.18. The van der Waals surface area contributed by atoms with Crippen LogP contribution < -0.4 is 18.9 Å². The van der Waals surface area contributed by atoms with Gasteiger partial charge in [0.05, 0.1) is 25.3 Å². The molecule has 0 unspecified atom stereocenters. The molecule has 0 atom stereocenters. The molecule has 0 spiro atoms. The summed E-state index contributed by atoms with van der Waals surface area (Å²) in [6.07, 6.45) is 1.34. The summed E-state index contributed by atoms with van der Waals surface area (Å²) in [6.45, 7) is -1.01. The van der Waals surface area contributed by atoms with Crippen molar-refractivity contribution in [2.45, 2.75) is 4.90 Å². The van der Waals surface area contributed by atoms with E-state index in [4.69, 9.17) is 14.2 Å². The molecule has 0 saturated carbocycles. The van der Waals surface area contributed by atoms with Crippen molar-refractivity contribution >= 4 is 37.9 Å². The van der Waals surface area contributed by atoms with E-state index in [1.54, 1.807) is 6.07 Å². The van der Waals surface area contributed by atoms with Gasteiger partial charge in [0.25, 0.3) is 21.8 Å². The fourth-order valence-electron chi connectivity index (χ4n) is 3.00. The first-order valence-corrected chi connectivity index (χ1v) is 10.5. The lowest BCUT2D eigenvalue weighted by Gasteiger charge is -2.14. The van der Waals surface area contributed by atoms with Gasteiger partial charge in [-0.3, -0.25) is 0 Å². The number of ether oxygens (including phenoxy) is 3. The van der Waals surface area contributed by atoms with Gasteiger partial charge < -0.3 is 19.2 Å². The standard InChI is InChI=1S/C19H18FN5O5S/c1-28-17-16(30-8-7-20)18(29-2)24-19(23-17)25-31(26,27)14-10-21-13-9-11-5-3-4-6-12(11)22-15(13)14/h3-6,9-10,21H,7-8H2,1-2H3,(H,23,24,25). The first kappa shape index (κ1) is 20.6. The van der Waals surface area contributed by atoms with E-state index in [1.807, 2.05) is 24.3 Å². The Morgan fingerprint density at radius 1 is 1.10 bits per heavy atom. The third kappa shape index (κ3) is 3.89. The summed E-state index contributed by atoms with van der Waals surface area (Å²) in [7, 11) is -1.52. The molecule has 0 saturated heterocycles. The number of sulfonamides is 1. The Labute approximate surface area is 176 Å². The van der Waals surface area contributed by atoms with E-state index in [9.17, 15) is 12.8 Å². The quantitative estimate of drug-likeness (QED) is 0.422. The van der Waals surface area contributed by atoms with Gasteiger partial charge in [-0.05, 0) is 12.1 Å². The van der Waals surface area contributed by atoms with Crippen molar-refractivity contribution in [3.05, 3.63) is 36.5 Å². The summed E-state index contributed by atoms with van der Waals surface area (Å²) < 4.78 is 56.3. The molecule has 3 heterocycles. The van der Waals surface area contributed by atoms with Gasteiger partial charge >= 0.3 is 0 Å². The first-order valence-electron chi connectivity index (χ1n) is 9.05. The minimum absolute atomic E-state index is 0.0363. The average Bonchev–Trinajstić information content (AvgIpc) is 3.19. The van der Waals surface area contributed by atoms with E-state index in [0.717, 1.165) is 5.39 Å². The Kier molecular flexibility index (Phi) is 5.46. The molecule has 4 aromatic rings. The molecule has 12 heteroatoms. The fourth-order valence-corrected chi connectivity index (χ4v) is 4.07. The number of para-hydroxylation sites is 1. The Hall–Kier alpha value is -3.67. The van der Waals surface area contributed by atoms with Crippen LogP contribution in [0.15, 0.2) is 41.4 Å². The molecule has 3 aromatic heterocycles. The molecule has 0 aliphatic heterocycles. The molecule has 1 aromatic carbocycles. The highest BCUT2D eigenvalue weighted by Gasteiger charge is 2.25. The Morgan fingerprint density at radius 2 is 1.81 bits per heavy atom. The van der Waals surface area contributed by atoms with Crippen LogP contribution in [0, 0.1) is 0 Å². The van der Waals surface area contributed by atoms with Crippen LogP contribution in [0.5, 0.6) is 17.5 Å². The molecule has 0 fully saturated rings. The van der Waals surface area contributed by atoms with Gasteiger partial charge in [0, 0.05) is 11.6 Å². The number of nitrogens with one attached hydrogen (secondary N) is 2. The summed E-state index contributed by atoms with van der Waals surface area (Å²) in [4.78, 5) is 15.3. The highest BCUT2D eigenvalue weighted by atomic mass is 32.2. The van der Waals surface area contributed by atoms with Crippen molar-refractivity contribution in [1.82, 2.24) is 19.9 Å². The molecule has 31 heavy (non-hydrogen) atoms. The smallest absolute Gasteiger partial charge is 0.267 e. The van der Waals surface area contributed by atoms with Crippen molar-refractivity contribution in [3.63, 3.8) is 0 Å². The van der Waals surface area contributed by atoms with Crippen molar-refractivity contribution in [2.24, 2.45) is 0 Å². The molecule has 0 aliphatic rings. The number of methoxy groups -OCH3 is 2. The predicted molar refractivity (Wildman–Crippen MR) is 111 cm³/mol. The minimum atomic E-state index is -4.13. The predicted octanol–water partition coefficient (Wildman–Crippen LogP) is 2.67. The number of nitrogens with zero attached hydrogens (tertiary/aromatic N) is 3. The second kappa shape index (κ2) is 8.22. The van der Waals surface area contributed by atoms with Gasteiger partial charge in [-0.1, -0.05) is 18.2 Å². The topological polar surface area (TPSA) is 128 Å². The van der Waals surface area contributed by atoms with Gasteiger partial charge in [-0.25, -0.2) is 22.5 Å². The molecule has 0 radical (unpaired) electrons. The van der Waals surface area contributed by atoms with Gasteiger partial charge in [0.1, 0.15) is 23.7 Å². The zero-order chi connectivity index (χ0) is 22.0. The van der Waals surface area contributed by atoms with Gasteiger partial charge in [0.15, 0.2) is 0 Å². The molecular formula is C19H18FN5O5S. The van der Waals surface area contributed by atoms with Gasteiger partial charge in [-0.15, -0.1) is 0 Å². The maximum atomic E-state index is 13.1. The molecule has 0 amide bonds. The number of fused-ring (bicyclic) bond motifs is 2. The van der Waals surface area contributed by atoms with Crippen LogP contribution in [-0.2, 0) is 10.0 Å². The van der Waals surface area contributed by atoms with Crippen LogP contribution in [0.2, 0.25) is 0 Å². The Morgan fingerprint density at radius 3 is 2.48 bits per heavy atom. The van der Waals surface area contributed by atoms with E-state index in [0.29, 0.717) is 11.0 Å². The largest absolute Gasteiger partial charge is 0.481 e. The van der Waals surface area contributed by atoms with Crippen molar-refractivity contribution in [2.75, 3.05) is 32.2 Å². The van der Waals surface area contributed by atoms with E-state index in [1.165, 1.54) is 20.4 Å². The normalized spacial score (nSPS) is 11.6. The number of alkyl halides is 1. The van der Waals surface area contributed by atoms with Crippen molar-refractivity contribution in [3.8, 4) is 17.5 Å². The van der Waals surface area contributed by atoms with E-state index >= 15 is 0 Å². The molecule has 4 rings (SSSR count). The SMILES string of the molecule is COc1nc(NS(=O)(=O)c2c[nH]c3cc4ccccc4nc23)nc(OC)c1OCCF. The average molecular weight is 447 g/mol. The summed E-state index contributed by atoms with van der Waals surface area (Å²) >= 11 is 0. The highest BCUT2D eigenvalue weighted by Crippen LogP contribution is 2.35. The number of pyridine rings is 1. The maximum Gasteiger partial charge on any atom is 0.267 e. The summed E-state index contributed by atoms with van der Waals surface area (Å²) in [5.41, 5.74) is 1.48. The third-order valence-corrected chi connectivity index (χ3v) is 5.69. The number of aromatic amines is 1. The third-order valence-electron chi connectivity index (χ3n) is 4.34. The van der Waals surface area contributed by atoms with E-state index in [2.05, 4.69) is 24.7 Å². The molecule has 0 bridgehead atoms.